The van der Waals surface area contributed by atoms with E-state index in [-0.39, 0.29) is 23.8 Å². The summed E-state index contributed by atoms with van der Waals surface area (Å²) in [5, 5.41) is 5.80. The van der Waals surface area contributed by atoms with Crippen molar-refractivity contribution in [2.45, 2.75) is 50.5 Å². The summed E-state index contributed by atoms with van der Waals surface area (Å²) in [7, 11) is 0. The smallest absolute Gasteiger partial charge is 0.242 e. The van der Waals surface area contributed by atoms with Crippen LogP contribution >= 0.6 is 11.8 Å². The highest BCUT2D eigenvalue weighted by Gasteiger charge is 2.30. The van der Waals surface area contributed by atoms with E-state index in [1.807, 2.05) is 0 Å². The van der Waals surface area contributed by atoms with Crippen LogP contribution in [0.15, 0.2) is 29.2 Å². The number of carbonyl (C=O) groups excluding carboxylic acids is 2. The maximum atomic E-state index is 12.4. The Morgan fingerprint density at radius 3 is 2.48 bits per heavy atom. The molecule has 0 radical (unpaired) electrons. The molecule has 1 aliphatic rings. The van der Waals surface area contributed by atoms with E-state index in [9.17, 15) is 9.59 Å². The van der Waals surface area contributed by atoms with E-state index in [1.54, 1.807) is 11.8 Å². The van der Waals surface area contributed by atoms with Gasteiger partial charge in [-0.15, -0.1) is 11.8 Å². The number of benzene rings is 1. The number of nitrogens with one attached hydrogen (secondary N) is 2. The van der Waals surface area contributed by atoms with Gasteiger partial charge in [-0.25, -0.2) is 0 Å². The molecular weight excluding hydrogens is 308 g/mol. The van der Waals surface area contributed by atoms with Gasteiger partial charge >= 0.3 is 0 Å². The van der Waals surface area contributed by atoms with Gasteiger partial charge in [0.25, 0.3) is 0 Å². The van der Waals surface area contributed by atoms with Gasteiger partial charge in [-0.2, -0.15) is 0 Å². The van der Waals surface area contributed by atoms with Gasteiger partial charge in [-0.05, 0) is 37.8 Å². The molecule has 1 fully saturated rings. The fraction of sp³-hybridized carbons (Fsp3) is 0.556. The zero-order chi connectivity index (χ0) is 16.7. The van der Waals surface area contributed by atoms with E-state index in [1.165, 1.54) is 17.4 Å². The van der Waals surface area contributed by atoms with Gasteiger partial charge in [0.1, 0.15) is 6.04 Å². The molecule has 1 aliphatic carbocycles. The van der Waals surface area contributed by atoms with Gasteiger partial charge in [0.15, 0.2) is 0 Å². The first kappa shape index (κ1) is 17.9. The van der Waals surface area contributed by atoms with Gasteiger partial charge in [0.05, 0.1) is 0 Å². The van der Waals surface area contributed by atoms with E-state index in [0.717, 1.165) is 31.4 Å². The molecule has 0 heterocycles. The Morgan fingerprint density at radius 1 is 1.22 bits per heavy atom. The SMILES string of the molecule is CC(=O)NC(C(=O)NCCSc1ccc(C)cc1)C1CCCC1. The van der Waals surface area contributed by atoms with Crippen LogP contribution in [0.3, 0.4) is 0 Å². The Morgan fingerprint density at radius 2 is 1.87 bits per heavy atom. The lowest BCUT2D eigenvalue weighted by atomic mass is 9.97. The van der Waals surface area contributed by atoms with Gasteiger partial charge in [-0.1, -0.05) is 30.5 Å². The molecule has 4 nitrogen and oxygen atoms in total. The van der Waals surface area contributed by atoms with Crippen molar-refractivity contribution in [1.82, 2.24) is 10.6 Å². The molecule has 0 aliphatic heterocycles. The average Bonchev–Trinajstić information content (AvgIpc) is 3.04. The summed E-state index contributed by atoms with van der Waals surface area (Å²) in [6.45, 7) is 4.16. The average molecular weight is 334 g/mol. The summed E-state index contributed by atoms with van der Waals surface area (Å²) >= 11 is 1.73. The van der Waals surface area contributed by atoms with E-state index in [0.29, 0.717) is 6.54 Å². The molecule has 23 heavy (non-hydrogen) atoms. The van der Waals surface area contributed by atoms with Crippen LogP contribution in [0.5, 0.6) is 0 Å². The summed E-state index contributed by atoms with van der Waals surface area (Å²) in [6, 6.07) is 8.00. The summed E-state index contributed by atoms with van der Waals surface area (Å²) in [4.78, 5) is 25.0. The Balaban J connectivity index is 1.76. The molecule has 1 atom stereocenters. The van der Waals surface area contributed by atoms with Crippen LogP contribution in [0.4, 0.5) is 0 Å². The first-order chi connectivity index (χ1) is 11.1. The molecule has 2 amide bonds. The minimum absolute atomic E-state index is 0.0448. The third kappa shape index (κ3) is 5.90. The van der Waals surface area contributed by atoms with Crippen LogP contribution in [-0.4, -0.2) is 30.2 Å². The van der Waals surface area contributed by atoms with Crippen LogP contribution in [0.2, 0.25) is 0 Å². The van der Waals surface area contributed by atoms with Crippen LogP contribution < -0.4 is 10.6 Å². The molecule has 2 N–H and O–H groups in total. The van der Waals surface area contributed by atoms with E-state index in [2.05, 4.69) is 41.8 Å². The number of hydrogen-bond donors (Lipinski definition) is 2. The summed E-state index contributed by atoms with van der Waals surface area (Å²) < 4.78 is 0. The second-order valence-electron chi connectivity index (χ2n) is 6.18. The highest BCUT2D eigenvalue weighted by atomic mass is 32.2. The van der Waals surface area contributed by atoms with Crippen molar-refractivity contribution < 1.29 is 9.59 Å². The standard InChI is InChI=1S/C18H26N2O2S/c1-13-7-9-16(10-8-13)23-12-11-19-18(22)17(20-14(2)21)15-5-3-4-6-15/h7-10,15,17H,3-6,11-12H2,1-2H3,(H,19,22)(H,20,21). The van der Waals surface area contributed by atoms with Crippen molar-refractivity contribution in [2.24, 2.45) is 5.92 Å². The molecule has 0 bridgehead atoms. The predicted molar refractivity (Wildman–Crippen MR) is 94.5 cm³/mol. The van der Waals surface area contributed by atoms with Crippen molar-refractivity contribution in [1.29, 1.82) is 0 Å². The molecule has 0 saturated heterocycles. The Labute approximate surface area is 142 Å². The Hall–Kier alpha value is -1.49. The maximum Gasteiger partial charge on any atom is 0.242 e. The van der Waals surface area contributed by atoms with Crippen LogP contribution in [0.1, 0.15) is 38.2 Å². The molecule has 1 aromatic rings. The molecule has 1 unspecified atom stereocenters. The van der Waals surface area contributed by atoms with Crippen molar-refractivity contribution in [2.75, 3.05) is 12.3 Å². The Kier molecular flexibility index (Phi) is 6.96. The van der Waals surface area contributed by atoms with E-state index >= 15 is 0 Å². The zero-order valence-corrected chi connectivity index (χ0v) is 14.7. The number of rotatable bonds is 7. The lowest BCUT2D eigenvalue weighted by Crippen LogP contribution is -2.50. The number of amides is 2. The fourth-order valence-electron chi connectivity index (χ4n) is 2.99. The first-order valence-corrected chi connectivity index (χ1v) is 9.29. The molecule has 0 spiro atoms. The van der Waals surface area contributed by atoms with Crippen LogP contribution in [0.25, 0.3) is 0 Å². The topological polar surface area (TPSA) is 58.2 Å². The minimum atomic E-state index is -0.376. The van der Waals surface area contributed by atoms with Crippen molar-refractivity contribution in [3.63, 3.8) is 0 Å². The normalized spacial score (nSPS) is 16.1. The molecule has 1 saturated carbocycles. The number of hydrogen-bond acceptors (Lipinski definition) is 3. The fourth-order valence-corrected chi connectivity index (χ4v) is 3.76. The quantitative estimate of drug-likeness (QED) is 0.595. The number of aryl methyl sites for hydroxylation is 1. The lowest BCUT2D eigenvalue weighted by Gasteiger charge is -2.23. The summed E-state index contributed by atoms with van der Waals surface area (Å²) in [5.41, 5.74) is 1.25. The molecule has 2 rings (SSSR count). The van der Waals surface area contributed by atoms with Crippen LogP contribution in [-0.2, 0) is 9.59 Å². The zero-order valence-electron chi connectivity index (χ0n) is 13.9. The van der Waals surface area contributed by atoms with Gasteiger partial charge in [0.2, 0.25) is 11.8 Å². The molecule has 0 aromatic heterocycles. The van der Waals surface area contributed by atoms with Crippen molar-refractivity contribution in [3.8, 4) is 0 Å². The van der Waals surface area contributed by atoms with Gasteiger partial charge in [0, 0.05) is 24.1 Å². The molecular formula is C18H26N2O2S. The monoisotopic (exact) mass is 334 g/mol. The highest BCUT2D eigenvalue weighted by molar-refractivity contribution is 7.99. The molecule has 126 valence electrons. The molecule has 1 aromatic carbocycles. The third-order valence-corrected chi connectivity index (χ3v) is 5.22. The maximum absolute atomic E-state index is 12.4. The van der Waals surface area contributed by atoms with E-state index in [4.69, 9.17) is 0 Å². The number of carbonyl (C=O) groups is 2. The summed E-state index contributed by atoms with van der Waals surface area (Å²) in [6.07, 6.45) is 4.35. The first-order valence-electron chi connectivity index (χ1n) is 8.30. The van der Waals surface area contributed by atoms with Crippen LogP contribution in [0, 0.1) is 12.8 Å². The van der Waals surface area contributed by atoms with E-state index < -0.39 is 0 Å². The molecule has 5 heteroatoms. The second-order valence-corrected chi connectivity index (χ2v) is 7.34. The largest absolute Gasteiger partial charge is 0.353 e. The van der Waals surface area contributed by atoms with Crippen molar-refractivity contribution in [3.05, 3.63) is 29.8 Å². The third-order valence-electron chi connectivity index (χ3n) is 4.20. The predicted octanol–water partition coefficient (Wildman–Crippen LogP) is 2.90. The summed E-state index contributed by atoms with van der Waals surface area (Å²) in [5.74, 6) is 0.929. The van der Waals surface area contributed by atoms with Gasteiger partial charge in [-0.3, -0.25) is 9.59 Å². The highest BCUT2D eigenvalue weighted by Crippen LogP contribution is 2.28. The lowest BCUT2D eigenvalue weighted by molar-refractivity contribution is -0.129. The van der Waals surface area contributed by atoms with Crippen molar-refractivity contribution >= 4 is 23.6 Å². The number of thioether (sulfide) groups is 1. The minimum Gasteiger partial charge on any atom is -0.353 e. The Bertz CT molecular complexity index is 524. The second kappa shape index (κ2) is 8.96. The van der Waals surface area contributed by atoms with Gasteiger partial charge < -0.3 is 10.6 Å².